The van der Waals surface area contributed by atoms with Crippen molar-refractivity contribution in [2.75, 3.05) is 6.61 Å². The highest BCUT2D eigenvalue weighted by Gasteiger charge is 2.37. The number of rotatable bonds is 5. The molecule has 0 bridgehead atoms. The van der Waals surface area contributed by atoms with Crippen LogP contribution in [0.15, 0.2) is 24.3 Å². The summed E-state index contributed by atoms with van der Waals surface area (Å²) in [5, 5.41) is 9.11. The highest BCUT2D eigenvalue weighted by molar-refractivity contribution is 5.69. The lowest BCUT2D eigenvalue weighted by atomic mass is 9.76. The van der Waals surface area contributed by atoms with Gasteiger partial charge in [0.1, 0.15) is 5.75 Å². The SMILES string of the molecule is CCOc1ccc(C2(CC(=O)O)CCCC2)cc1. The summed E-state index contributed by atoms with van der Waals surface area (Å²) < 4.78 is 5.42. The van der Waals surface area contributed by atoms with Crippen LogP contribution in [0, 0.1) is 0 Å². The van der Waals surface area contributed by atoms with E-state index in [1.807, 2.05) is 31.2 Å². The van der Waals surface area contributed by atoms with Crippen molar-refractivity contribution >= 4 is 5.97 Å². The van der Waals surface area contributed by atoms with Gasteiger partial charge in [-0.15, -0.1) is 0 Å². The van der Waals surface area contributed by atoms with Gasteiger partial charge >= 0.3 is 5.97 Å². The van der Waals surface area contributed by atoms with Crippen molar-refractivity contribution in [3.05, 3.63) is 29.8 Å². The molecule has 3 nitrogen and oxygen atoms in total. The first kappa shape index (κ1) is 12.9. The second kappa shape index (κ2) is 5.42. The fourth-order valence-electron chi connectivity index (χ4n) is 2.98. The molecule has 1 aliphatic carbocycles. The lowest BCUT2D eigenvalue weighted by Crippen LogP contribution is -2.25. The Bertz CT molecular complexity index is 402. The minimum atomic E-state index is -0.703. The van der Waals surface area contributed by atoms with Crippen LogP contribution in [-0.2, 0) is 10.2 Å². The Morgan fingerprint density at radius 2 is 1.89 bits per heavy atom. The van der Waals surface area contributed by atoms with Gasteiger partial charge in [-0.1, -0.05) is 25.0 Å². The molecule has 1 fully saturated rings. The Morgan fingerprint density at radius 1 is 1.28 bits per heavy atom. The van der Waals surface area contributed by atoms with Gasteiger partial charge in [0.2, 0.25) is 0 Å². The number of hydrogen-bond donors (Lipinski definition) is 1. The molecule has 0 aromatic heterocycles. The Labute approximate surface area is 108 Å². The minimum Gasteiger partial charge on any atom is -0.494 e. The molecule has 1 aromatic carbocycles. The first-order chi connectivity index (χ1) is 8.66. The molecular formula is C15H20O3. The van der Waals surface area contributed by atoms with E-state index < -0.39 is 5.97 Å². The van der Waals surface area contributed by atoms with E-state index in [4.69, 9.17) is 9.84 Å². The summed E-state index contributed by atoms with van der Waals surface area (Å²) >= 11 is 0. The Balaban J connectivity index is 2.22. The van der Waals surface area contributed by atoms with Crippen LogP contribution in [0.2, 0.25) is 0 Å². The molecule has 2 rings (SSSR count). The monoisotopic (exact) mass is 248 g/mol. The van der Waals surface area contributed by atoms with Crippen LogP contribution in [0.5, 0.6) is 5.75 Å². The van der Waals surface area contributed by atoms with Gasteiger partial charge in [-0.3, -0.25) is 4.79 Å². The topological polar surface area (TPSA) is 46.5 Å². The molecule has 98 valence electrons. The van der Waals surface area contributed by atoms with Gasteiger partial charge in [0.05, 0.1) is 13.0 Å². The molecular weight excluding hydrogens is 228 g/mol. The van der Waals surface area contributed by atoms with Gasteiger partial charge < -0.3 is 9.84 Å². The average molecular weight is 248 g/mol. The van der Waals surface area contributed by atoms with Crippen LogP contribution >= 0.6 is 0 Å². The van der Waals surface area contributed by atoms with E-state index in [0.29, 0.717) is 6.61 Å². The van der Waals surface area contributed by atoms with E-state index in [2.05, 4.69) is 0 Å². The maximum absolute atomic E-state index is 11.1. The summed E-state index contributed by atoms with van der Waals surface area (Å²) in [7, 11) is 0. The second-order valence-electron chi connectivity index (χ2n) is 5.02. The van der Waals surface area contributed by atoms with Crippen molar-refractivity contribution in [3.8, 4) is 5.75 Å². The number of carboxylic acid groups (broad SMARTS) is 1. The van der Waals surface area contributed by atoms with E-state index in [-0.39, 0.29) is 11.8 Å². The minimum absolute atomic E-state index is 0.156. The van der Waals surface area contributed by atoms with Gasteiger partial charge in [0, 0.05) is 5.41 Å². The molecule has 0 aliphatic heterocycles. The Morgan fingerprint density at radius 3 is 2.39 bits per heavy atom. The van der Waals surface area contributed by atoms with Gasteiger partial charge in [0.25, 0.3) is 0 Å². The fourth-order valence-corrected chi connectivity index (χ4v) is 2.98. The van der Waals surface area contributed by atoms with E-state index in [1.165, 1.54) is 0 Å². The summed E-state index contributed by atoms with van der Waals surface area (Å²) in [4.78, 5) is 11.1. The third kappa shape index (κ3) is 2.66. The summed E-state index contributed by atoms with van der Waals surface area (Å²) in [6.45, 7) is 2.61. The van der Waals surface area contributed by atoms with Crippen LogP contribution in [0.25, 0.3) is 0 Å². The van der Waals surface area contributed by atoms with E-state index in [1.54, 1.807) is 0 Å². The Kier molecular flexibility index (Phi) is 3.90. The lowest BCUT2D eigenvalue weighted by molar-refractivity contribution is -0.138. The van der Waals surface area contributed by atoms with E-state index >= 15 is 0 Å². The summed E-state index contributed by atoms with van der Waals surface area (Å²) in [6, 6.07) is 7.94. The van der Waals surface area contributed by atoms with Crippen LogP contribution < -0.4 is 4.74 Å². The van der Waals surface area contributed by atoms with Crippen molar-refractivity contribution < 1.29 is 14.6 Å². The molecule has 0 amide bonds. The zero-order valence-corrected chi connectivity index (χ0v) is 10.8. The quantitative estimate of drug-likeness (QED) is 0.869. The van der Waals surface area contributed by atoms with Crippen molar-refractivity contribution in [1.82, 2.24) is 0 Å². The summed E-state index contributed by atoms with van der Waals surface area (Å²) in [5.74, 6) is 0.149. The summed E-state index contributed by atoms with van der Waals surface area (Å²) in [5.41, 5.74) is 0.988. The smallest absolute Gasteiger partial charge is 0.304 e. The van der Waals surface area contributed by atoms with Gasteiger partial charge in [-0.25, -0.2) is 0 Å². The number of carbonyl (C=O) groups is 1. The molecule has 0 saturated heterocycles. The predicted octanol–water partition coefficient (Wildman–Crippen LogP) is 3.37. The number of aliphatic carboxylic acids is 1. The third-order valence-electron chi connectivity index (χ3n) is 3.83. The lowest BCUT2D eigenvalue weighted by Gasteiger charge is -2.28. The summed E-state index contributed by atoms with van der Waals surface area (Å²) in [6.07, 6.45) is 4.45. The first-order valence-corrected chi connectivity index (χ1v) is 6.61. The largest absolute Gasteiger partial charge is 0.494 e. The highest BCUT2D eigenvalue weighted by Crippen LogP contribution is 2.44. The molecule has 18 heavy (non-hydrogen) atoms. The molecule has 0 heterocycles. The number of ether oxygens (including phenoxy) is 1. The number of hydrogen-bond acceptors (Lipinski definition) is 2. The molecule has 1 aromatic rings. The van der Waals surface area contributed by atoms with Gasteiger partial charge in [-0.2, -0.15) is 0 Å². The normalized spacial score (nSPS) is 17.6. The highest BCUT2D eigenvalue weighted by atomic mass is 16.5. The van der Waals surface area contributed by atoms with Crippen molar-refractivity contribution in [1.29, 1.82) is 0 Å². The maximum atomic E-state index is 11.1. The molecule has 3 heteroatoms. The van der Waals surface area contributed by atoms with Crippen molar-refractivity contribution in [2.24, 2.45) is 0 Å². The van der Waals surface area contributed by atoms with Crippen molar-refractivity contribution in [3.63, 3.8) is 0 Å². The van der Waals surface area contributed by atoms with E-state index in [0.717, 1.165) is 37.0 Å². The molecule has 0 spiro atoms. The zero-order chi connectivity index (χ0) is 13.0. The number of carboxylic acids is 1. The van der Waals surface area contributed by atoms with Crippen molar-refractivity contribution in [2.45, 2.75) is 44.4 Å². The Hall–Kier alpha value is -1.51. The second-order valence-corrected chi connectivity index (χ2v) is 5.02. The first-order valence-electron chi connectivity index (χ1n) is 6.61. The molecule has 1 N–H and O–H groups in total. The molecule has 0 unspecified atom stereocenters. The molecule has 1 aliphatic rings. The van der Waals surface area contributed by atoms with Crippen LogP contribution in [0.3, 0.4) is 0 Å². The molecule has 0 atom stereocenters. The zero-order valence-electron chi connectivity index (χ0n) is 10.8. The molecule has 0 radical (unpaired) electrons. The van der Waals surface area contributed by atoms with Gasteiger partial charge in [-0.05, 0) is 37.5 Å². The number of benzene rings is 1. The molecule has 1 saturated carbocycles. The standard InChI is InChI=1S/C15H20O3/c1-2-18-13-7-5-12(6-8-13)15(11-14(16)17)9-3-4-10-15/h5-8H,2-4,9-11H2,1H3,(H,16,17). The van der Waals surface area contributed by atoms with Crippen LogP contribution in [-0.4, -0.2) is 17.7 Å². The predicted molar refractivity (Wildman–Crippen MR) is 70.0 cm³/mol. The maximum Gasteiger partial charge on any atom is 0.304 e. The van der Waals surface area contributed by atoms with Crippen LogP contribution in [0.4, 0.5) is 0 Å². The van der Waals surface area contributed by atoms with E-state index in [9.17, 15) is 4.79 Å². The third-order valence-corrected chi connectivity index (χ3v) is 3.83. The average Bonchev–Trinajstić information content (AvgIpc) is 2.79. The van der Waals surface area contributed by atoms with Crippen LogP contribution in [0.1, 0.15) is 44.6 Å². The fraction of sp³-hybridized carbons (Fsp3) is 0.533. The van der Waals surface area contributed by atoms with Gasteiger partial charge in [0.15, 0.2) is 0 Å².